The summed E-state index contributed by atoms with van der Waals surface area (Å²) in [4.78, 5) is 14.2. The molecular weight excluding hydrogens is 307 g/mol. The molecule has 1 aromatic carbocycles. The van der Waals surface area contributed by atoms with Gasteiger partial charge in [-0.25, -0.2) is 4.39 Å². The minimum absolute atomic E-state index is 0. The Labute approximate surface area is 136 Å². The molecule has 0 bridgehead atoms. The molecule has 0 saturated heterocycles. The van der Waals surface area contributed by atoms with Crippen LogP contribution in [0.25, 0.3) is 0 Å². The van der Waals surface area contributed by atoms with Crippen LogP contribution in [0.5, 0.6) is 5.75 Å². The summed E-state index contributed by atoms with van der Waals surface area (Å²) >= 11 is 0. The zero-order valence-corrected chi connectivity index (χ0v) is 13.5. The van der Waals surface area contributed by atoms with Crippen molar-refractivity contribution in [3.05, 3.63) is 41.2 Å². The van der Waals surface area contributed by atoms with Crippen molar-refractivity contribution in [1.29, 1.82) is 0 Å². The average molecular weight is 329 g/mol. The Kier molecular flexibility index (Phi) is 7.35. The third kappa shape index (κ3) is 4.21. The fourth-order valence-electron chi connectivity index (χ4n) is 2.40. The van der Waals surface area contributed by atoms with E-state index in [2.05, 4.69) is 6.92 Å². The lowest BCUT2D eigenvalue weighted by Crippen LogP contribution is -2.37. The fourth-order valence-corrected chi connectivity index (χ4v) is 2.40. The zero-order chi connectivity index (χ0) is 15.2. The van der Waals surface area contributed by atoms with Crippen molar-refractivity contribution in [2.45, 2.75) is 19.8 Å². The Balaban J connectivity index is 0.00000242. The number of fused-ring (bicyclic) bond motifs is 1. The van der Waals surface area contributed by atoms with Crippen LogP contribution >= 0.6 is 12.4 Å². The highest BCUT2D eigenvalue weighted by Gasteiger charge is 2.23. The maximum atomic E-state index is 12.4. The van der Waals surface area contributed by atoms with Gasteiger partial charge in [0.25, 0.3) is 5.91 Å². The second-order valence-electron chi connectivity index (χ2n) is 5.12. The molecule has 4 nitrogen and oxygen atoms in total. The van der Waals surface area contributed by atoms with Crippen LogP contribution in [0.15, 0.2) is 30.1 Å². The molecule has 2 N–H and O–H groups in total. The van der Waals surface area contributed by atoms with Crippen molar-refractivity contribution >= 4 is 18.3 Å². The molecule has 2 rings (SSSR count). The Bertz CT molecular complexity index is 549. The van der Waals surface area contributed by atoms with Crippen LogP contribution < -0.4 is 10.5 Å². The van der Waals surface area contributed by atoms with Gasteiger partial charge in [0.2, 0.25) is 0 Å². The van der Waals surface area contributed by atoms with Crippen molar-refractivity contribution in [3.8, 4) is 5.75 Å². The molecular formula is C16H22ClFN2O2. The van der Waals surface area contributed by atoms with Gasteiger partial charge in [0, 0.05) is 30.8 Å². The van der Waals surface area contributed by atoms with Crippen molar-refractivity contribution in [1.82, 2.24) is 4.90 Å². The van der Waals surface area contributed by atoms with Gasteiger partial charge >= 0.3 is 0 Å². The van der Waals surface area contributed by atoms with Crippen molar-refractivity contribution in [3.63, 3.8) is 0 Å². The number of nitrogens with two attached hydrogens (primary N) is 1. The van der Waals surface area contributed by atoms with E-state index in [4.69, 9.17) is 10.5 Å². The summed E-state index contributed by atoms with van der Waals surface area (Å²) in [5.41, 5.74) is 7.51. The summed E-state index contributed by atoms with van der Waals surface area (Å²) in [5.74, 6) is 0.717. The molecule has 1 aromatic rings. The highest BCUT2D eigenvalue weighted by atomic mass is 35.5. The number of carbonyl (C=O) groups is 1. The second-order valence-corrected chi connectivity index (χ2v) is 5.12. The van der Waals surface area contributed by atoms with Crippen molar-refractivity contribution in [2.75, 3.05) is 26.2 Å². The number of rotatable bonds is 6. The lowest BCUT2D eigenvalue weighted by Gasteiger charge is -2.28. The molecule has 1 amide bonds. The Morgan fingerprint density at radius 3 is 2.91 bits per heavy atom. The summed E-state index contributed by atoms with van der Waals surface area (Å²) in [5, 5.41) is 0. The standard InChI is InChI=1S/C16H21FN2O2.ClH/c1-2-6-19-7-5-13-8-14(3-4-15(13)16(19)20)21-11-12(9-17)10-18;/h3-4,8-9H,2,5-7,10-11,18H2,1H3;1H/b12-9-;. The van der Waals surface area contributed by atoms with Crippen LogP contribution in [0.4, 0.5) is 4.39 Å². The largest absolute Gasteiger partial charge is 0.489 e. The van der Waals surface area contributed by atoms with E-state index in [0.717, 1.165) is 37.1 Å². The van der Waals surface area contributed by atoms with E-state index in [1.54, 1.807) is 12.1 Å². The summed E-state index contributed by atoms with van der Waals surface area (Å²) < 4.78 is 17.9. The Hall–Kier alpha value is -1.59. The molecule has 0 unspecified atom stereocenters. The lowest BCUT2D eigenvalue weighted by molar-refractivity contribution is 0.0740. The quantitative estimate of drug-likeness (QED) is 0.873. The molecule has 0 saturated carbocycles. The SMILES string of the molecule is CCCN1CCc2cc(OC/C(=C\F)CN)ccc2C1=O.Cl. The van der Waals surface area contributed by atoms with Gasteiger partial charge in [0.1, 0.15) is 12.4 Å². The normalized spacial score (nSPS) is 14.4. The van der Waals surface area contributed by atoms with E-state index in [1.807, 2.05) is 11.0 Å². The summed E-state index contributed by atoms with van der Waals surface area (Å²) in [7, 11) is 0. The number of halogens is 2. The van der Waals surface area contributed by atoms with Crippen molar-refractivity contribution in [2.24, 2.45) is 5.73 Å². The first-order chi connectivity index (χ1) is 10.2. The van der Waals surface area contributed by atoms with Gasteiger partial charge in [-0.05, 0) is 36.6 Å². The topological polar surface area (TPSA) is 55.6 Å². The van der Waals surface area contributed by atoms with Crippen LogP contribution in [0.3, 0.4) is 0 Å². The lowest BCUT2D eigenvalue weighted by atomic mass is 9.98. The number of benzene rings is 1. The van der Waals surface area contributed by atoms with Gasteiger partial charge in [0.05, 0.1) is 6.33 Å². The molecule has 1 aliphatic rings. The molecule has 1 heterocycles. The van der Waals surface area contributed by atoms with Gasteiger partial charge in [-0.1, -0.05) is 6.92 Å². The molecule has 0 spiro atoms. The minimum Gasteiger partial charge on any atom is -0.489 e. The molecule has 122 valence electrons. The number of nitrogens with zero attached hydrogens (tertiary/aromatic N) is 1. The third-order valence-corrected chi connectivity index (χ3v) is 3.58. The molecule has 0 atom stereocenters. The first-order valence-electron chi connectivity index (χ1n) is 7.22. The van der Waals surface area contributed by atoms with Gasteiger partial charge in [-0.15, -0.1) is 12.4 Å². The number of carbonyl (C=O) groups excluding carboxylic acids is 1. The van der Waals surface area contributed by atoms with Crippen LogP contribution in [-0.2, 0) is 6.42 Å². The molecule has 0 aromatic heterocycles. The molecule has 22 heavy (non-hydrogen) atoms. The summed E-state index contributed by atoms with van der Waals surface area (Å²) in [6.07, 6.45) is 2.26. The monoisotopic (exact) mass is 328 g/mol. The van der Waals surface area contributed by atoms with E-state index in [-0.39, 0.29) is 31.5 Å². The van der Waals surface area contributed by atoms with E-state index in [0.29, 0.717) is 17.7 Å². The van der Waals surface area contributed by atoms with Gasteiger partial charge in [0.15, 0.2) is 0 Å². The Morgan fingerprint density at radius 2 is 2.27 bits per heavy atom. The molecule has 6 heteroatoms. The van der Waals surface area contributed by atoms with Gasteiger partial charge in [-0.3, -0.25) is 4.79 Å². The Morgan fingerprint density at radius 1 is 1.50 bits per heavy atom. The number of hydrogen-bond acceptors (Lipinski definition) is 3. The fraction of sp³-hybridized carbons (Fsp3) is 0.438. The van der Waals surface area contributed by atoms with Crippen LogP contribution in [0.2, 0.25) is 0 Å². The van der Waals surface area contributed by atoms with Crippen molar-refractivity contribution < 1.29 is 13.9 Å². The number of amides is 1. The smallest absolute Gasteiger partial charge is 0.254 e. The molecule has 0 fully saturated rings. The van der Waals surface area contributed by atoms with E-state index in [1.165, 1.54) is 0 Å². The maximum Gasteiger partial charge on any atom is 0.254 e. The summed E-state index contributed by atoms with van der Waals surface area (Å²) in [6.45, 7) is 3.85. The van der Waals surface area contributed by atoms with Crippen LogP contribution in [0.1, 0.15) is 29.3 Å². The van der Waals surface area contributed by atoms with Gasteiger partial charge in [-0.2, -0.15) is 0 Å². The minimum atomic E-state index is 0. The number of ether oxygens (including phenoxy) is 1. The average Bonchev–Trinajstić information content (AvgIpc) is 2.51. The third-order valence-electron chi connectivity index (χ3n) is 3.58. The maximum absolute atomic E-state index is 12.4. The zero-order valence-electron chi connectivity index (χ0n) is 12.7. The number of hydrogen-bond donors (Lipinski definition) is 1. The highest BCUT2D eigenvalue weighted by molar-refractivity contribution is 5.96. The van der Waals surface area contributed by atoms with E-state index < -0.39 is 0 Å². The molecule has 0 radical (unpaired) electrons. The molecule has 1 aliphatic heterocycles. The van der Waals surface area contributed by atoms with Gasteiger partial charge < -0.3 is 15.4 Å². The second kappa shape index (κ2) is 8.76. The van der Waals surface area contributed by atoms with Crippen LogP contribution in [-0.4, -0.2) is 37.0 Å². The first-order valence-corrected chi connectivity index (χ1v) is 7.22. The first kappa shape index (κ1) is 18.5. The van der Waals surface area contributed by atoms with E-state index in [9.17, 15) is 9.18 Å². The highest BCUT2D eigenvalue weighted by Crippen LogP contribution is 2.24. The predicted molar refractivity (Wildman–Crippen MR) is 87.3 cm³/mol. The van der Waals surface area contributed by atoms with Crippen LogP contribution in [0, 0.1) is 0 Å². The van der Waals surface area contributed by atoms with E-state index >= 15 is 0 Å². The molecule has 0 aliphatic carbocycles. The predicted octanol–water partition coefficient (Wildman–Crippen LogP) is 2.71. The summed E-state index contributed by atoms with van der Waals surface area (Å²) in [6, 6.07) is 5.40.